The lowest BCUT2D eigenvalue weighted by atomic mass is 10.0. The van der Waals surface area contributed by atoms with Crippen molar-refractivity contribution >= 4 is 39.2 Å². The molecule has 0 atom stereocenters. The summed E-state index contributed by atoms with van der Waals surface area (Å²) >= 11 is 7.25. The number of benzene rings is 2. The number of halogens is 1. The van der Waals surface area contributed by atoms with Gasteiger partial charge in [0.1, 0.15) is 0 Å². The number of fused-ring (bicyclic) bond motifs is 1. The van der Waals surface area contributed by atoms with Crippen LogP contribution in [0.4, 0.5) is 0 Å². The van der Waals surface area contributed by atoms with E-state index in [0.717, 1.165) is 15.8 Å². The molecule has 0 aliphatic rings. The number of aromatic nitrogens is 2. The van der Waals surface area contributed by atoms with Crippen LogP contribution in [0.15, 0.2) is 54.6 Å². The van der Waals surface area contributed by atoms with Crippen molar-refractivity contribution in [3.05, 3.63) is 76.6 Å². The van der Waals surface area contributed by atoms with Gasteiger partial charge in [-0.2, -0.15) is 4.37 Å². The second-order valence-electron chi connectivity index (χ2n) is 6.38. The Labute approximate surface area is 176 Å². The fourth-order valence-corrected chi connectivity index (χ4v) is 4.13. The van der Waals surface area contributed by atoms with Crippen molar-refractivity contribution in [1.82, 2.24) is 9.36 Å². The van der Waals surface area contributed by atoms with Crippen LogP contribution < -0.4 is 0 Å². The molecule has 146 valence electrons. The summed E-state index contributed by atoms with van der Waals surface area (Å²) in [4.78, 5) is 16.9. The molecule has 1 N–H and O–H groups in total. The number of rotatable bonds is 5. The summed E-state index contributed by atoms with van der Waals surface area (Å²) in [6.07, 6.45) is 0.506. The molecule has 0 fully saturated rings. The Bertz CT molecular complexity index is 1170. The lowest BCUT2D eigenvalue weighted by molar-refractivity contribution is 0.0516. The summed E-state index contributed by atoms with van der Waals surface area (Å²) in [7, 11) is 0. The third kappa shape index (κ3) is 3.81. The van der Waals surface area contributed by atoms with Gasteiger partial charge in [0.25, 0.3) is 0 Å². The van der Waals surface area contributed by atoms with Crippen molar-refractivity contribution in [2.45, 2.75) is 13.3 Å². The predicted octanol–water partition coefficient (Wildman–Crippen LogP) is 5.48. The molecule has 0 spiro atoms. The zero-order valence-electron chi connectivity index (χ0n) is 15.6. The molecule has 0 saturated carbocycles. The Hall–Kier alpha value is -2.96. The quantitative estimate of drug-likeness (QED) is 0.429. The van der Waals surface area contributed by atoms with E-state index in [-0.39, 0.29) is 18.1 Å². The van der Waals surface area contributed by atoms with Crippen LogP contribution in [0.1, 0.15) is 28.7 Å². The van der Waals surface area contributed by atoms with Crippen LogP contribution in [0.5, 0.6) is 5.75 Å². The lowest BCUT2D eigenvalue weighted by Gasteiger charge is -2.10. The second-order valence-corrected chi connectivity index (χ2v) is 7.59. The number of pyridine rings is 1. The maximum Gasteiger partial charge on any atom is 0.360 e. The number of aromatic hydroxyl groups is 1. The summed E-state index contributed by atoms with van der Waals surface area (Å²) < 4.78 is 10.4. The lowest BCUT2D eigenvalue weighted by Crippen LogP contribution is -2.09. The second kappa shape index (κ2) is 8.19. The highest BCUT2D eigenvalue weighted by molar-refractivity contribution is 7.14. The van der Waals surface area contributed by atoms with Crippen LogP contribution in [0.25, 0.3) is 21.3 Å². The van der Waals surface area contributed by atoms with E-state index in [0.29, 0.717) is 28.2 Å². The first-order chi connectivity index (χ1) is 14.1. The van der Waals surface area contributed by atoms with Gasteiger partial charge in [0.2, 0.25) is 0 Å². The van der Waals surface area contributed by atoms with E-state index < -0.39 is 5.97 Å². The van der Waals surface area contributed by atoms with Crippen LogP contribution >= 0.6 is 23.1 Å². The molecule has 0 saturated heterocycles. The van der Waals surface area contributed by atoms with E-state index >= 15 is 0 Å². The number of nitrogens with zero attached hydrogens (tertiary/aromatic N) is 2. The van der Waals surface area contributed by atoms with Crippen LogP contribution in [-0.4, -0.2) is 27.0 Å². The van der Waals surface area contributed by atoms with E-state index in [4.69, 9.17) is 16.3 Å². The third-order valence-corrected chi connectivity index (χ3v) is 5.61. The highest BCUT2D eigenvalue weighted by Crippen LogP contribution is 2.40. The topological polar surface area (TPSA) is 72.3 Å². The van der Waals surface area contributed by atoms with Gasteiger partial charge >= 0.3 is 5.97 Å². The predicted molar refractivity (Wildman–Crippen MR) is 115 cm³/mol. The summed E-state index contributed by atoms with van der Waals surface area (Å²) in [6.45, 7) is 1.90. The highest BCUT2D eigenvalue weighted by Gasteiger charge is 2.25. The van der Waals surface area contributed by atoms with Crippen molar-refractivity contribution in [1.29, 1.82) is 0 Å². The van der Waals surface area contributed by atoms with Gasteiger partial charge in [-0.1, -0.05) is 54.1 Å². The average Bonchev–Trinajstić information content (AvgIpc) is 3.17. The minimum atomic E-state index is -0.658. The minimum Gasteiger partial charge on any atom is -0.505 e. The number of carbonyl (C=O) groups excluding carboxylic acids is 1. The first kappa shape index (κ1) is 19.4. The van der Waals surface area contributed by atoms with Gasteiger partial charge in [-0.3, -0.25) is 0 Å². The van der Waals surface area contributed by atoms with Gasteiger partial charge in [0, 0.05) is 17.0 Å². The largest absolute Gasteiger partial charge is 0.505 e. The van der Waals surface area contributed by atoms with Gasteiger partial charge in [0.15, 0.2) is 11.4 Å². The molecule has 0 aliphatic heterocycles. The van der Waals surface area contributed by atoms with E-state index in [2.05, 4.69) is 9.36 Å². The zero-order chi connectivity index (χ0) is 20.4. The SMILES string of the molecule is CCOC(=O)c1nc(Cc2ccccc2)c2snc(-c3ccc(Cl)cc3)c2c1O. The van der Waals surface area contributed by atoms with Crippen LogP contribution in [0, 0.1) is 0 Å². The van der Waals surface area contributed by atoms with E-state index in [1.807, 2.05) is 42.5 Å². The Morgan fingerprint density at radius 3 is 2.55 bits per heavy atom. The molecule has 0 aliphatic carbocycles. The molecule has 4 aromatic rings. The molecule has 5 nitrogen and oxygen atoms in total. The molecule has 2 aromatic carbocycles. The maximum absolute atomic E-state index is 12.4. The Kier molecular flexibility index (Phi) is 5.47. The van der Waals surface area contributed by atoms with E-state index in [1.54, 1.807) is 19.1 Å². The molecule has 29 heavy (non-hydrogen) atoms. The van der Waals surface area contributed by atoms with Crippen LogP contribution in [0.2, 0.25) is 5.02 Å². The number of hydrogen-bond donors (Lipinski definition) is 1. The monoisotopic (exact) mass is 424 g/mol. The first-order valence-corrected chi connectivity index (χ1v) is 10.2. The van der Waals surface area contributed by atoms with Crippen LogP contribution in [-0.2, 0) is 11.2 Å². The Morgan fingerprint density at radius 2 is 1.86 bits per heavy atom. The van der Waals surface area contributed by atoms with E-state index in [1.165, 1.54) is 11.5 Å². The number of ether oxygens (including phenoxy) is 1. The summed E-state index contributed by atoms with van der Waals surface area (Å²) in [5, 5.41) is 12.0. The van der Waals surface area contributed by atoms with Crippen molar-refractivity contribution < 1.29 is 14.6 Å². The standard InChI is InChI=1S/C22H17ClN2O3S/c1-2-28-22(27)19-20(26)17-18(14-8-10-15(23)11-9-14)25-29-21(17)16(24-19)12-13-6-4-3-5-7-13/h3-11,26H,2,12H2,1H3. The summed E-state index contributed by atoms with van der Waals surface area (Å²) in [6, 6.07) is 17.0. The van der Waals surface area contributed by atoms with Gasteiger partial charge in [-0.15, -0.1) is 0 Å². The zero-order valence-corrected chi connectivity index (χ0v) is 17.1. The molecule has 0 unspecified atom stereocenters. The van der Waals surface area contributed by atoms with Gasteiger partial charge in [-0.05, 0) is 36.2 Å². The maximum atomic E-state index is 12.4. The molecule has 4 rings (SSSR count). The minimum absolute atomic E-state index is 0.0966. The number of hydrogen-bond acceptors (Lipinski definition) is 6. The Balaban J connectivity index is 1.93. The smallest absolute Gasteiger partial charge is 0.360 e. The molecular weight excluding hydrogens is 408 g/mol. The van der Waals surface area contributed by atoms with Gasteiger partial charge in [0.05, 0.1) is 28.1 Å². The van der Waals surface area contributed by atoms with Gasteiger partial charge < -0.3 is 9.84 Å². The molecule has 2 aromatic heterocycles. The first-order valence-electron chi connectivity index (χ1n) is 9.06. The summed E-state index contributed by atoms with van der Waals surface area (Å²) in [5.74, 6) is -0.872. The molecule has 2 heterocycles. The Morgan fingerprint density at radius 1 is 1.14 bits per heavy atom. The van der Waals surface area contributed by atoms with E-state index in [9.17, 15) is 9.90 Å². The molecular formula is C22H17ClN2O3S. The molecule has 0 amide bonds. The van der Waals surface area contributed by atoms with Crippen molar-refractivity contribution in [2.75, 3.05) is 6.61 Å². The molecule has 7 heteroatoms. The van der Waals surface area contributed by atoms with Crippen LogP contribution in [0.3, 0.4) is 0 Å². The number of carbonyl (C=O) groups is 1. The average molecular weight is 425 g/mol. The van der Waals surface area contributed by atoms with Crippen molar-refractivity contribution in [3.63, 3.8) is 0 Å². The molecule has 0 bridgehead atoms. The fraction of sp³-hybridized carbons (Fsp3) is 0.136. The third-order valence-electron chi connectivity index (χ3n) is 4.46. The summed E-state index contributed by atoms with van der Waals surface area (Å²) in [5.41, 5.74) is 3.00. The highest BCUT2D eigenvalue weighted by atomic mass is 35.5. The fourth-order valence-electron chi connectivity index (χ4n) is 3.12. The van der Waals surface area contributed by atoms with Crippen molar-refractivity contribution in [2.24, 2.45) is 0 Å². The number of esters is 1. The van der Waals surface area contributed by atoms with Crippen molar-refractivity contribution in [3.8, 4) is 17.0 Å². The molecule has 0 radical (unpaired) electrons. The van der Waals surface area contributed by atoms with Gasteiger partial charge in [-0.25, -0.2) is 9.78 Å². The normalized spacial score (nSPS) is 11.0.